The average Bonchev–Trinajstić information content (AvgIpc) is 2.84. The first-order chi connectivity index (χ1) is 16.3. The number of benzene rings is 2. The van der Waals surface area contributed by atoms with Crippen molar-refractivity contribution in [2.24, 2.45) is 10.7 Å². The Morgan fingerprint density at radius 1 is 1.12 bits per heavy atom. The quantitative estimate of drug-likeness (QED) is 0.148. The molecular formula is C24H34N6O3S. The molecule has 2 aromatic rings. The van der Waals surface area contributed by atoms with Gasteiger partial charge < -0.3 is 31.3 Å². The predicted molar refractivity (Wildman–Crippen MR) is 143 cm³/mol. The van der Waals surface area contributed by atoms with Crippen molar-refractivity contribution in [2.75, 3.05) is 57.9 Å². The van der Waals surface area contributed by atoms with Crippen molar-refractivity contribution in [1.82, 2.24) is 10.2 Å². The standard InChI is InChI=1S/C13H18N4O2S.C11H16N2O/c1-15-11(12(14)18)13(16-2)20-8-17-9-4-6-10(19-3)7-5-9;1-13(2)8-7-12-11-5-3-10(9-14)4-6-11/h4-7,16-17H,1,8H2,2-3H3,(H2,14,18);3-6,9,12H,7-8H2,1-2H3/b13-11-;. The molecule has 10 heteroatoms. The number of nitrogens with two attached hydrogens (primary N) is 1. The molecule has 0 unspecified atom stereocenters. The summed E-state index contributed by atoms with van der Waals surface area (Å²) >= 11 is 1.38. The van der Waals surface area contributed by atoms with Gasteiger partial charge in [0.15, 0.2) is 5.70 Å². The fraction of sp³-hybridized carbons (Fsp3) is 0.292. The summed E-state index contributed by atoms with van der Waals surface area (Å²) in [6, 6.07) is 15.0. The molecule has 0 bridgehead atoms. The summed E-state index contributed by atoms with van der Waals surface area (Å²) in [5, 5.41) is 9.93. The third-order valence-corrected chi connectivity index (χ3v) is 5.33. The van der Waals surface area contributed by atoms with Gasteiger partial charge in [0.25, 0.3) is 5.91 Å². The van der Waals surface area contributed by atoms with Crippen LogP contribution in [0.15, 0.2) is 64.2 Å². The second-order valence-electron chi connectivity index (χ2n) is 7.11. The van der Waals surface area contributed by atoms with E-state index in [1.54, 1.807) is 14.2 Å². The summed E-state index contributed by atoms with van der Waals surface area (Å²) in [6.07, 6.45) is 0.851. The van der Waals surface area contributed by atoms with E-state index in [1.807, 2.05) is 62.6 Å². The predicted octanol–water partition coefficient (Wildman–Crippen LogP) is 2.84. The first-order valence-electron chi connectivity index (χ1n) is 10.5. The Morgan fingerprint density at radius 2 is 1.71 bits per heavy atom. The summed E-state index contributed by atoms with van der Waals surface area (Å²) in [6.45, 7) is 5.25. The number of carbonyl (C=O) groups is 2. The van der Waals surface area contributed by atoms with Gasteiger partial charge in [-0.2, -0.15) is 0 Å². The van der Waals surface area contributed by atoms with Crippen molar-refractivity contribution in [3.63, 3.8) is 0 Å². The minimum Gasteiger partial charge on any atom is -0.497 e. The number of primary amides is 1. The summed E-state index contributed by atoms with van der Waals surface area (Å²) in [7, 11) is 7.40. The number of anilines is 2. The highest BCUT2D eigenvalue weighted by atomic mass is 32.2. The maximum absolute atomic E-state index is 11.2. The second kappa shape index (κ2) is 16.2. The molecule has 0 aromatic heterocycles. The molecule has 0 aliphatic carbocycles. The van der Waals surface area contributed by atoms with Crippen molar-refractivity contribution in [2.45, 2.75) is 0 Å². The lowest BCUT2D eigenvalue weighted by Gasteiger charge is -2.11. The molecule has 184 valence electrons. The Balaban J connectivity index is 0.000000362. The monoisotopic (exact) mass is 486 g/mol. The normalized spacial score (nSPS) is 10.9. The van der Waals surface area contributed by atoms with Crippen LogP contribution in [0.1, 0.15) is 10.4 Å². The molecule has 0 spiro atoms. The smallest absolute Gasteiger partial charge is 0.269 e. The Hall–Kier alpha value is -3.50. The maximum Gasteiger partial charge on any atom is 0.269 e. The molecule has 0 saturated heterocycles. The molecule has 2 rings (SSSR count). The van der Waals surface area contributed by atoms with Gasteiger partial charge in [-0.25, -0.2) is 0 Å². The van der Waals surface area contributed by atoms with E-state index in [0.29, 0.717) is 16.5 Å². The number of nitrogens with one attached hydrogen (secondary N) is 3. The summed E-state index contributed by atoms with van der Waals surface area (Å²) < 4.78 is 5.08. The molecule has 9 nitrogen and oxygen atoms in total. The van der Waals surface area contributed by atoms with Crippen LogP contribution in [0.4, 0.5) is 11.4 Å². The number of rotatable bonds is 13. The minimum absolute atomic E-state index is 0.133. The highest BCUT2D eigenvalue weighted by Crippen LogP contribution is 2.20. The van der Waals surface area contributed by atoms with Gasteiger partial charge in [-0.15, -0.1) is 0 Å². The van der Waals surface area contributed by atoms with Crippen LogP contribution in [0.5, 0.6) is 5.75 Å². The van der Waals surface area contributed by atoms with E-state index in [0.717, 1.165) is 36.5 Å². The molecule has 0 aliphatic rings. The van der Waals surface area contributed by atoms with Crippen molar-refractivity contribution in [3.05, 3.63) is 64.8 Å². The number of thioether (sulfide) groups is 1. The van der Waals surface area contributed by atoms with Crippen LogP contribution in [0.25, 0.3) is 0 Å². The largest absolute Gasteiger partial charge is 0.497 e. The van der Waals surface area contributed by atoms with Gasteiger partial charge in [0.05, 0.1) is 13.0 Å². The maximum atomic E-state index is 11.2. The number of hydrogen-bond acceptors (Lipinski definition) is 9. The highest BCUT2D eigenvalue weighted by Gasteiger charge is 2.10. The Kier molecular flexibility index (Phi) is 13.6. The minimum atomic E-state index is -0.610. The van der Waals surface area contributed by atoms with Crippen LogP contribution in [-0.4, -0.2) is 71.0 Å². The van der Waals surface area contributed by atoms with E-state index >= 15 is 0 Å². The van der Waals surface area contributed by atoms with Crippen LogP contribution in [0, 0.1) is 0 Å². The van der Waals surface area contributed by atoms with Crippen LogP contribution >= 0.6 is 11.8 Å². The fourth-order valence-electron chi connectivity index (χ4n) is 2.52. The summed E-state index contributed by atoms with van der Waals surface area (Å²) in [4.78, 5) is 27.3. The molecular weight excluding hydrogens is 452 g/mol. The number of aliphatic imine (C=N–C) groups is 1. The van der Waals surface area contributed by atoms with E-state index in [1.165, 1.54) is 11.8 Å². The molecule has 0 heterocycles. The molecule has 1 amide bonds. The van der Waals surface area contributed by atoms with Gasteiger partial charge >= 0.3 is 0 Å². The first-order valence-corrected chi connectivity index (χ1v) is 11.5. The first kappa shape index (κ1) is 28.5. The van der Waals surface area contributed by atoms with Crippen molar-refractivity contribution in [1.29, 1.82) is 0 Å². The number of amides is 1. The zero-order chi connectivity index (χ0) is 25.3. The number of hydrogen-bond donors (Lipinski definition) is 4. The molecule has 0 radical (unpaired) electrons. The van der Waals surface area contributed by atoms with E-state index in [-0.39, 0.29) is 5.70 Å². The SMILES string of the molecule is C=N/C(C(N)=O)=C(/NC)SCNc1ccc(OC)cc1.CN(C)CCNc1ccc(C=O)cc1. The van der Waals surface area contributed by atoms with Gasteiger partial charge in [-0.1, -0.05) is 11.8 Å². The van der Waals surface area contributed by atoms with Gasteiger partial charge in [-0.3, -0.25) is 14.6 Å². The van der Waals surface area contributed by atoms with Gasteiger partial charge in [0, 0.05) is 37.1 Å². The van der Waals surface area contributed by atoms with Crippen molar-refractivity contribution in [3.8, 4) is 5.75 Å². The topological polar surface area (TPSA) is 121 Å². The molecule has 0 aliphatic heterocycles. The Labute approximate surface area is 205 Å². The molecule has 0 saturated carbocycles. The Morgan fingerprint density at radius 3 is 2.18 bits per heavy atom. The molecule has 34 heavy (non-hydrogen) atoms. The van der Waals surface area contributed by atoms with E-state index in [4.69, 9.17) is 10.5 Å². The molecule has 5 N–H and O–H groups in total. The van der Waals surface area contributed by atoms with Gasteiger partial charge in [-0.05, 0) is 69.3 Å². The van der Waals surface area contributed by atoms with Crippen LogP contribution in [0.2, 0.25) is 0 Å². The fourth-order valence-corrected chi connectivity index (χ4v) is 3.35. The second-order valence-corrected chi connectivity index (χ2v) is 8.10. The summed E-state index contributed by atoms with van der Waals surface area (Å²) in [5.41, 5.74) is 8.06. The number of likely N-dealkylation sites (N-methyl/N-ethyl adjacent to an activating group) is 1. The zero-order valence-corrected chi connectivity index (χ0v) is 20.9. The lowest BCUT2D eigenvalue weighted by atomic mass is 10.2. The average molecular weight is 487 g/mol. The zero-order valence-electron chi connectivity index (χ0n) is 20.1. The van der Waals surface area contributed by atoms with Crippen LogP contribution < -0.4 is 26.4 Å². The number of carbonyl (C=O) groups excluding carboxylic acids is 2. The van der Waals surface area contributed by atoms with Gasteiger partial charge in [0.1, 0.15) is 17.1 Å². The highest BCUT2D eigenvalue weighted by molar-refractivity contribution is 8.03. The van der Waals surface area contributed by atoms with Crippen molar-refractivity contribution >= 4 is 42.0 Å². The number of ether oxygens (including phenoxy) is 1. The lowest BCUT2D eigenvalue weighted by molar-refractivity contribution is -0.114. The Bertz CT molecular complexity index is 931. The van der Waals surface area contributed by atoms with E-state index in [9.17, 15) is 9.59 Å². The number of aldehydes is 1. The third kappa shape index (κ3) is 10.9. The summed E-state index contributed by atoms with van der Waals surface area (Å²) in [5.74, 6) is 0.738. The molecule has 2 aromatic carbocycles. The third-order valence-electron chi connectivity index (χ3n) is 4.35. The van der Waals surface area contributed by atoms with E-state index < -0.39 is 5.91 Å². The number of nitrogens with zero attached hydrogens (tertiary/aromatic N) is 2. The number of methoxy groups -OCH3 is 1. The van der Waals surface area contributed by atoms with Crippen LogP contribution in [-0.2, 0) is 4.79 Å². The molecule has 0 atom stereocenters. The lowest BCUT2D eigenvalue weighted by Crippen LogP contribution is -2.20. The van der Waals surface area contributed by atoms with Gasteiger partial charge in [0.2, 0.25) is 0 Å². The van der Waals surface area contributed by atoms with E-state index in [2.05, 4.69) is 32.6 Å². The molecule has 0 fully saturated rings. The van der Waals surface area contributed by atoms with Crippen LogP contribution in [0.3, 0.4) is 0 Å². The van der Waals surface area contributed by atoms with Crippen molar-refractivity contribution < 1.29 is 14.3 Å².